The summed E-state index contributed by atoms with van der Waals surface area (Å²) in [6, 6.07) is 14.5. The summed E-state index contributed by atoms with van der Waals surface area (Å²) in [5.41, 5.74) is 2.40. The summed E-state index contributed by atoms with van der Waals surface area (Å²) in [6.45, 7) is 0. The minimum absolute atomic E-state index is 0.0151. The Labute approximate surface area is 100 Å². The van der Waals surface area contributed by atoms with E-state index in [1.54, 1.807) is 0 Å². The average molecular weight is 277 g/mol. The summed E-state index contributed by atoms with van der Waals surface area (Å²) in [5, 5.41) is 4.30. The summed E-state index contributed by atoms with van der Waals surface area (Å²) in [7, 11) is 0. The molecule has 2 aromatic carbocycles. The van der Waals surface area contributed by atoms with Gasteiger partial charge in [-0.05, 0) is 0 Å². The molecule has 15 heavy (non-hydrogen) atoms. The SMILES string of the molecule is Clc1cccc2c1[As]c1ccccc1N2. The first-order valence-corrected chi connectivity index (χ1v) is 6.96. The molecule has 0 saturated carbocycles. The Bertz CT molecular complexity index is 525. The van der Waals surface area contributed by atoms with Crippen molar-refractivity contribution in [3.05, 3.63) is 47.5 Å². The second-order valence-electron chi connectivity index (χ2n) is 3.39. The topological polar surface area (TPSA) is 12.0 Å². The molecule has 1 aliphatic heterocycles. The first kappa shape index (κ1) is 9.32. The third kappa shape index (κ3) is 1.56. The van der Waals surface area contributed by atoms with Crippen LogP contribution >= 0.6 is 11.6 Å². The van der Waals surface area contributed by atoms with Gasteiger partial charge in [0.1, 0.15) is 0 Å². The maximum absolute atomic E-state index is 6.19. The van der Waals surface area contributed by atoms with Crippen molar-refractivity contribution < 1.29 is 0 Å². The molecule has 0 aliphatic carbocycles. The number of rotatable bonds is 0. The Balaban J connectivity index is 2.15. The van der Waals surface area contributed by atoms with Crippen molar-refractivity contribution in [2.24, 2.45) is 0 Å². The molecule has 1 aliphatic rings. The van der Waals surface area contributed by atoms with Crippen LogP contribution in [-0.4, -0.2) is 15.8 Å². The number of hydrogen-bond acceptors (Lipinski definition) is 1. The monoisotopic (exact) mass is 276 g/mol. The molecule has 3 rings (SSSR count). The molecule has 0 atom stereocenters. The predicted octanol–water partition coefficient (Wildman–Crippen LogP) is 2.05. The van der Waals surface area contributed by atoms with Crippen molar-refractivity contribution in [1.82, 2.24) is 0 Å². The fourth-order valence-electron chi connectivity index (χ4n) is 1.67. The van der Waals surface area contributed by atoms with Crippen LogP contribution in [0, 0.1) is 0 Å². The average Bonchev–Trinajstić information content (AvgIpc) is 2.27. The summed E-state index contributed by atoms with van der Waals surface area (Å²) in [4.78, 5) is 0. The Hall–Kier alpha value is -0.912. The van der Waals surface area contributed by atoms with E-state index in [1.807, 2.05) is 12.1 Å². The number of halogens is 1. The van der Waals surface area contributed by atoms with E-state index in [0.717, 1.165) is 5.02 Å². The van der Waals surface area contributed by atoms with E-state index in [0.29, 0.717) is 0 Å². The normalized spacial score (nSPS) is 14.2. The molecule has 0 amide bonds. The van der Waals surface area contributed by atoms with E-state index in [4.69, 9.17) is 11.6 Å². The van der Waals surface area contributed by atoms with E-state index in [9.17, 15) is 0 Å². The second-order valence-corrected chi connectivity index (χ2v) is 6.22. The van der Waals surface area contributed by atoms with Crippen LogP contribution in [0.15, 0.2) is 42.5 Å². The van der Waals surface area contributed by atoms with E-state index < -0.39 is 0 Å². The Kier molecular flexibility index (Phi) is 2.23. The Morgan fingerprint density at radius 2 is 1.73 bits per heavy atom. The predicted molar refractivity (Wildman–Crippen MR) is 66.2 cm³/mol. The van der Waals surface area contributed by atoms with E-state index in [-0.39, 0.29) is 15.8 Å². The molecule has 0 spiro atoms. The first-order valence-electron chi connectivity index (χ1n) is 4.71. The zero-order valence-corrected chi connectivity index (χ0v) is 10.5. The van der Waals surface area contributed by atoms with Crippen molar-refractivity contribution in [2.45, 2.75) is 0 Å². The molecule has 0 saturated heterocycles. The van der Waals surface area contributed by atoms with Crippen molar-refractivity contribution >= 4 is 47.4 Å². The Morgan fingerprint density at radius 3 is 2.67 bits per heavy atom. The summed E-state index contributed by atoms with van der Waals surface area (Å²) < 4.78 is 2.68. The number of fused-ring (bicyclic) bond motifs is 2. The zero-order chi connectivity index (χ0) is 10.3. The van der Waals surface area contributed by atoms with Gasteiger partial charge in [0, 0.05) is 0 Å². The van der Waals surface area contributed by atoms with Crippen LogP contribution in [0.25, 0.3) is 0 Å². The van der Waals surface area contributed by atoms with Crippen LogP contribution in [0.1, 0.15) is 0 Å². The summed E-state index contributed by atoms with van der Waals surface area (Å²) >= 11 is 6.21. The van der Waals surface area contributed by atoms with Gasteiger partial charge >= 0.3 is 100 Å². The molecule has 1 radical (unpaired) electrons. The maximum atomic E-state index is 6.19. The van der Waals surface area contributed by atoms with Gasteiger partial charge in [-0.1, -0.05) is 0 Å². The fraction of sp³-hybridized carbons (Fsp3) is 0. The third-order valence-corrected chi connectivity index (χ3v) is 5.80. The molecule has 0 aromatic heterocycles. The van der Waals surface area contributed by atoms with Gasteiger partial charge in [0.2, 0.25) is 0 Å². The molecule has 0 bridgehead atoms. The number of benzene rings is 2. The van der Waals surface area contributed by atoms with Crippen molar-refractivity contribution in [3.63, 3.8) is 0 Å². The third-order valence-electron chi connectivity index (χ3n) is 2.39. The van der Waals surface area contributed by atoms with E-state index in [2.05, 4.69) is 35.6 Å². The summed E-state index contributed by atoms with van der Waals surface area (Å²) in [6.07, 6.45) is 0. The number of nitrogens with one attached hydrogen (secondary N) is 1. The second kappa shape index (κ2) is 3.59. The van der Waals surface area contributed by atoms with Crippen molar-refractivity contribution in [3.8, 4) is 0 Å². The first-order chi connectivity index (χ1) is 7.34. The van der Waals surface area contributed by atoms with Crippen molar-refractivity contribution in [1.29, 1.82) is 0 Å². The van der Waals surface area contributed by atoms with Gasteiger partial charge in [-0.15, -0.1) is 0 Å². The van der Waals surface area contributed by atoms with Gasteiger partial charge in [-0.25, -0.2) is 0 Å². The molecule has 1 heterocycles. The molecule has 2 aromatic rings. The standard InChI is InChI=1S/C12H8AsClN/c14-9-5-3-7-11-12(9)13-8-4-1-2-6-10(8)15-11/h1-7,15H. The van der Waals surface area contributed by atoms with Crippen LogP contribution in [0.4, 0.5) is 11.4 Å². The van der Waals surface area contributed by atoms with Crippen LogP contribution in [0.5, 0.6) is 0 Å². The molecule has 0 unspecified atom stereocenters. The van der Waals surface area contributed by atoms with E-state index >= 15 is 0 Å². The van der Waals surface area contributed by atoms with E-state index in [1.165, 1.54) is 20.1 Å². The molecule has 73 valence electrons. The van der Waals surface area contributed by atoms with Crippen LogP contribution in [0.2, 0.25) is 5.02 Å². The minimum atomic E-state index is 0.0151. The van der Waals surface area contributed by atoms with Crippen molar-refractivity contribution in [2.75, 3.05) is 5.32 Å². The quantitative estimate of drug-likeness (QED) is 0.620. The molecular formula is C12H8AsClN. The number of anilines is 2. The Morgan fingerprint density at radius 1 is 0.933 bits per heavy atom. The van der Waals surface area contributed by atoms with Gasteiger partial charge in [0.05, 0.1) is 0 Å². The van der Waals surface area contributed by atoms with Crippen LogP contribution in [-0.2, 0) is 0 Å². The molecule has 1 nitrogen and oxygen atoms in total. The van der Waals surface area contributed by atoms with Gasteiger partial charge in [0.15, 0.2) is 0 Å². The van der Waals surface area contributed by atoms with Gasteiger partial charge in [-0.3, -0.25) is 0 Å². The summed E-state index contributed by atoms with van der Waals surface area (Å²) in [5.74, 6) is 0. The van der Waals surface area contributed by atoms with Gasteiger partial charge < -0.3 is 0 Å². The molecular weight excluding hydrogens is 269 g/mol. The van der Waals surface area contributed by atoms with Gasteiger partial charge in [0.25, 0.3) is 0 Å². The molecule has 3 heteroatoms. The molecule has 1 N–H and O–H groups in total. The molecule has 0 fully saturated rings. The fourth-order valence-corrected chi connectivity index (χ4v) is 4.34. The van der Waals surface area contributed by atoms with Crippen LogP contribution < -0.4 is 14.0 Å². The zero-order valence-electron chi connectivity index (χ0n) is 7.87. The number of hydrogen-bond donors (Lipinski definition) is 1. The number of para-hydroxylation sites is 1. The van der Waals surface area contributed by atoms with Crippen LogP contribution in [0.3, 0.4) is 0 Å². The van der Waals surface area contributed by atoms with Gasteiger partial charge in [-0.2, -0.15) is 0 Å².